The molecule has 7 nitrogen and oxygen atoms in total. The fourth-order valence-electron chi connectivity index (χ4n) is 3.17. The summed E-state index contributed by atoms with van der Waals surface area (Å²) in [5, 5.41) is 2.54. The third kappa shape index (κ3) is 12.4. The summed E-state index contributed by atoms with van der Waals surface area (Å²) in [7, 11) is 3.29. The van der Waals surface area contributed by atoms with E-state index in [2.05, 4.69) is 27.0 Å². The average molecular weight is 637 g/mol. The lowest BCUT2D eigenvalue weighted by Gasteiger charge is -2.10. The molecule has 1 atom stereocenters. The van der Waals surface area contributed by atoms with Crippen LogP contribution in [0.3, 0.4) is 0 Å². The van der Waals surface area contributed by atoms with Crippen LogP contribution in [0.4, 0.5) is 19.0 Å². The predicted octanol–water partition coefficient (Wildman–Crippen LogP) is 9.15. The number of carbonyl (C=O) groups is 1. The fourth-order valence-corrected chi connectivity index (χ4v) is 4.13. The quantitative estimate of drug-likeness (QED) is 0.136. The third-order valence-electron chi connectivity index (χ3n) is 5.26. The van der Waals surface area contributed by atoms with Crippen LogP contribution in [-0.4, -0.2) is 36.8 Å². The Kier molecular flexibility index (Phi) is 16.6. The molecular weight excluding hydrogens is 601 g/mol. The summed E-state index contributed by atoms with van der Waals surface area (Å²) in [5.41, 5.74) is 0.0171. The molecule has 0 fully saturated rings. The number of methoxy groups -OCH3 is 2. The molecule has 0 aliphatic carbocycles. The van der Waals surface area contributed by atoms with Gasteiger partial charge in [-0.15, -0.1) is 11.3 Å². The first-order valence-electron chi connectivity index (χ1n) is 13.2. The Labute approximate surface area is 259 Å². The van der Waals surface area contributed by atoms with Crippen molar-refractivity contribution in [3.8, 4) is 5.75 Å². The van der Waals surface area contributed by atoms with Gasteiger partial charge in [-0.1, -0.05) is 62.7 Å². The van der Waals surface area contributed by atoms with Crippen LogP contribution in [0.15, 0.2) is 83.9 Å². The third-order valence-corrected chi connectivity index (χ3v) is 6.70. The highest BCUT2D eigenvalue weighted by molar-refractivity contribution is 7.13. The molecule has 0 spiro atoms. The Balaban J connectivity index is 0.000000407. The van der Waals surface area contributed by atoms with Crippen LogP contribution in [0.1, 0.15) is 59.5 Å². The van der Waals surface area contributed by atoms with Gasteiger partial charge in [0.2, 0.25) is 0 Å². The second kappa shape index (κ2) is 19.3. The second-order valence-corrected chi connectivity index (χ2v) is 9.55. The van der Waals surface area contributed by atoms with Gasteiger partial charge in [-0.2, -0.15) is 13.2 Å². The number of nitrogens with one attached hydrogen (secondary N) is 1. The molecule has 1 N–H and O–H groups in total. The second-order valence-electron chi connectivity index (χ2n) is 8.03. The Bertz CT molecular complexity index is 1390. The summed E-state index contributed by atoms with van der Waals surface area (Å²) in [6, 6.07) is 8.41. The summed E-state index contributed by atoms with van der Waals surface area (Å²) >= 11 is 6.63. The highest BCUT2D eigenvalue weighted by Crippen LogP contribution is 2.35. The molecule has 1 unspecified atom stereocenters. The number of benzene rings is 1. The Morgan fingerprint density at radius 3 is 2.37 bits per heavy atom. The first kappa shape index (κ1) is 37.1. The predicted molar refractivity (Wildman–Crippen MR) is 169 cm³/mol. The van der Waals surface area contributed by atoms with E-state index in [1.54, 1.807) is 14.2 Å². The summed E-state index contributed by atoms with van der Waals surface area (Å²) in [4.78, 5) is 24.0. The van der Waals surface area contributed by atoms with Crippen molar-refractivity contribution in [2.45, 2.75) is 46.3 Å². The van der Waals surface area contributed by atoms with Crippen molar-refractivity contribution in [3.63, 3.8) is 0 Å². The number of nitrogens with zero attached hydrogens (tertiary/aromatic N) is 3. The Morgan fingerprint density at radius 2 is 1.86 bits per heavy atom. The van der Waals surface area contributed by atoms with Crippen molar-refractivity contribution in [1.82, 2.24) is 9.97 Å². The number of aromatic nitrogens is 2. The number of aliphatic imine (C=N–C) groups is 1. The Morgan fingerprint density at radius 1 is 1.19 bits per heavy atom. The summed E-state index contributed by atoms with van der Waals surface area (Å²) in [5.74, 6) is 0.842. The van der Waals surface area contributed by atoms with Crippen molar-refractivity contribution in [2.24, 2.45) is 4.99 Å². The van der Waals surface area contributed by atoms with Crippen molar-refractivity contribution in [3.05, 3.63) is 105 Å². The lowest BCUT2D eigenvalue weighted by atomic mass is 10.1. The number of hydrogen-bond donors (Lipinski definition) is 1. The number of anilines is 1. The average Bonchev–Trinajstić information content (AvgIpc) is 3.50. The number of alkyl halides is 3. The van der Waals surface area contributed by atoms with E-state index in [0.717, 1.165) is 28.3 Å². The zero-order chi connectivity index (χ0) is 32.4. The zero-order valence-corrected chi connectivity index (χ0v) is 26.5. The van der Waals surface area contributed by atoms with Crippen molar-refractivity contribution in [2.75, 3.05) is 19.5 Å². The molecule has 1 aromatic carbocycles. The molecule has 3 aromatic rings. The van der Waals surface area contributed by atoms with Crippen molar-refractivity contribution < 1.29 is 27.4 Å². The van der Waals surface area contributed by atoms with Crippen LogP contribution in [0.2, 0.25) is 5.02 Å². The number of carbonyl (C=O) groups excluding carboxylic acids is 1. The van der Waals surface area contributed by atoms with Crippen LogP contribution in [0.5, 0.6) is 5.75 Å². The molecule has 1 amide bonds. The molecule has 43 heavy (non-hydrogen) atoms. The van der Waals surface area contributed by atoms with Crippen molar-refractivity contribution >= 4 is 41.4 Å². The lowest BCUT2D eigenvalue weighted by Crippen LogP contribution is -2.13. The van der Waals surface area contributed by atoms with E-state index in [9.17, 15) is 18.0 Å². The van der Waals surface area contributed by atoms with E-state index in [1.807, 2.05) is 82.3 Å². The number of hydrogen-bond acceptors (Lipinski definition) is 7. The zero-order valence-electron chi connectivity index (χ0n) is 24.9. The van der Waals surface area contributed by atoms with Gasteiger partial charge in [0, 0.05) is 6.20 Å². The van der Waals surface area contributed by atoms with Gasteiger partial charge < -0.3 is 14.8 Å². The van der Waals surface area contributed by atoms with Crippen molar-refractivity contribution in [1.29, 1.82) is 0 Å². The molecule has 232 valence electrons. The largest absolute Gasteiger partial charge is 0.497 e. The topological polar surface area (TPSA) is 85.7 Å². The standard InChI is InChI=1S/C17H21NO2.C12H9ClF3N3OS.C2H6/c1-5-7-15(19-3)8-6-9-17(18-2)14-10-12-16(20-4)13-11-14;1-2-10-18-5-8(21-10)11(20)19-9-3-6(12(14,15)16)7(13)4-17-9;1-2/h5-13,17H,2H2,1,3-4H3;3-5H,2H2,1H3,(H,17,19,20);1-2H3/b7-5-,9-6+,15-8+;;. The smallest absolute Gasteiger partial charge is 0.418 e. The molecule has 0 radical (unpaired) electrons. The van der Waals surface area contributed by atoms with Gasteiger partial charge in [-0.3, -0.25) is 9.79 Å². The number of rotatable bonds is 10. The number of thiazole rings is 1. The minimum atomic E-state index is -4.61. The first-order valence-corrected chi connectivity index (χ1v) is 14.4. The van der Waals surface area contributed by atoms with E-state index < -0.39 is 22.7 Å². The molecular formula is C31H36ClF3N4O3S. The number of ether oxygens (including phenoxy) is 2. The molecule has 0 bridgehead atoms. The molecule has 2 aromatic heterocycles. The van der Waals surface area contributed by atoms with Crippen LogP contribution < -0.4 is 10.1 Å². The fraction of sp³-hybridized carbons (Fsp3) is 0.290. The highest BCUT2D eigenvalue weighted by Gasteiger charge is 2.34. The summed E-state index contributed by atoms with van der Waals surface area (Å²) < 4.78 is 48.5. The minimum absolute atomic E-state index is 0.0825. The number of amides is 1. The summed E-state index contributed by atoms with van der Waals surface area (Å²) in [6.07, 6.45) is 7.89. The van der Waals surface area contributed by atoms with Gasteiger partial charge in [-0.05, 0) is 56.0 Å². The molecule has 12 heteroatoms. The van der Waals surface area contributed by atoms with Gasteiger partial charge in [0.1, 0.15) is 22.2 Å². The van der Waals surface area contributed by atoms with Gasteiger partial charge in [0.25, 0.3) is 5.91 Å². The van der Waals surface area contributed by atoms with Gasteiger partial charge in [-0.25, -0.2) is 9.97 Å². The van der Waals surface area contributed by atoms with E-state index in [1.165, 1.54) is 17.5 Å². The van der Waals surface area contributed by atoms with E-state index in [0.29, 0.717) is 17.4 Å². The molecule has 2 heterocycles. The number of allylic oxidation sites excluding steroid dienone is 4. The maximum atomic E-state index is 12.7. The Hall–Kier alpha value is -3.96. The normalized spacial score (nSPS) is 12.1. The molecule has 0 saturated carbocycles. The first-order chi connectivity index (χ1) is 20.6. The molecule has 0 aliphatic rings. The minimum Gasteiger partial charge on any atom is -0.497 e. The van der Waals surface area contributed by atoms with Gasteiger partial charge in [0.05, 0.1) is 42.1 Å². The van der Waals surface area contributed by atoms with Crippen LogP contribution in [-0.2, 0) is 17.3 Å². The highest BCUT2D eigenvalue weighted by atomic mass is 35.5. The van der Waals surface area contributed by atoms with Gasteiger partial charge in [0.15, 0.2) is 0 Å². The lowest BCUT2D eigenvalue weighted by molar-refractivity contribution is -0.137. The van der Waals surface area contributed by atoms with E-state index in [-0.39, 0.29) is 11.9 Å². The molecule has 0 saturated heterocycles. The molecule has 3 rings (SSSR count). The van der Waals surface area contributed by atoms with Crippen LogP contribution in [0, 0.1) is 0 Å². The van der Waals surface area contributed by atoms with Crippen LogP contribution >= 0.6 is 22.9 Å². The maximum Gasteiger partial charge on any atom is 0.418 e. The number of aryl methyl sites for hydroxylation is 1. The van der Waals surface area contributed by atoms with E-state index >= 15 is 0 Å². The molecule has 0 aliphatic heterocycles. The SMILES string of the molecule is C=NC(/C=C/C=C(\C=C/C)OC)c1ccc(OC)cc1.CC.CCc1ncc(C(=O)Nc2cc(C(F)(F)F)c(Cl)cn2)s1. The maximum absolute atomic E-state index is 12.7. The number of pyridine rings is 1. The summed E-state index contributed by atoms with van der Waals surface area (Å²) in [6.45, 7) is 11.5. The van der Waals surface area contributed by atoms with Crippen LogP contribution in [0.25, 0.3) is 0 Å². The monoisotopic (exact) mass is 636 g/mol. The van der Waals surface area contributed by atoms with Gasteiger partial charge >= 0.3 is 6.18 Å². The number of halogens is 4. The van der Waals surface area contributed by atoms with E-state index in [4.69, 9.17) is 21.1 Å².